The van der Waals surface area contributed by atoms with Crippen LogP contribution in [0.3, 0.4) is 0 Å². The summed E-state index contributed by atoms with van der Waals surface area (Å²) in [5, 5.41) is 10.7. The molecule has 0 radical (unpaired) electrons. The Morgan fingerprint density at radius 2 is 0.577 bits per heavy atom. The molecule has 0 atom stereocenters. The Kier molecular flexibility index (Phi) is 5.89. The predicted molar refractivity (Wildman–Crippen MR) is 222 cm³/mol. The van der Waals surface area contributed by atoms with E-state index in [0.29, 0.717) is 0 Å². The van der Waals surface area contributed by atoms with Gasteiger partial charge in [0.25, 0.3) is 0 Å². The molecule has 11 rings (SSSR count). The van der Waals surface area contributed by atoms with Gasteiger partial charge in [0.05, 0.1) is 0 Å². The van der Waals surface area contributed by atoms with Crippen LogP contribution in [0.4, 0.5) is 0 Å². The first-order valence-corrected chi connectivity index (χ1v) is 18.6. The van der Waals surface area contributed by atoms with Crippen LogP contribution in [-0.4, -0.2) is 0 Å². The third-order valence-corrected chi connectivity index (χ3v) is 12.6. The summed E-state index contributed by atoms with van der Waals surface area (Å²) in [5.74, 6) is 0. The average molecular weight is 663 g/mol. The molecule has 0 unspecified atom stereocenters. The van der Waals surface area contributed by atoms with E-state index in [1.165, 1.54) is 110 Å². The minimum absolute atomic E-state index is 0.0997. The lowest BCUT2D eigenvalue weighted by Gasteiger charge is -2.36. The van der Waals surface area contributed by atoms with E-state index in [1.54, 1.807) is 0 Å². The molecule has 0 spiro atoms. The van der Waals surface area contributed by atoms with Crippen molar-refractivity contribution in [2.24, 2.45) is 0 Å². The molecule has 0 saturated heterocycles. The van der Waals surface area contributed by atoms with E-state index >= 15 is 0 Å². The SMILES string of the molecule is CC1(C)c2ccccc2-c2c3ccccc3c(-c3ccc(-c4c5ccccc5c5c6c(cccc46)C(C)(C)c4ccccc4-5)cc3)c3cccc1c23. The molecule has 2 aliphatic rings. The molecule has 9 aromatic rings. The van der Waals surface area contributed by atoms with Crippen molar-refractivity contribution in [3.8, 4) is 44.5 Å². The zero-order valence-corrected chi connectivity index (χ0v) is 30.0. The summed E-state index contributed by atoms with van der Waals surface area (Å²) >= 11 is 0. The van der Waals surface area contributed by atoms with Gasteiger partial charge in [0.1, 0.15) is 0 Å². The Morgan fingerprint density at radius 1 is 0.269 bits per heavy atom. The molecular weight excluding hydrogens is 625 g/mol. The van der Waals surface area contributed by atoms with Gasteiger partial charge in [-0.2, -0.15) is 0 Å². The number of benzene rings is 9. The number of rotatable bonds is 2. The summed E-state index contributed by atoms with van der Waals surface area (Å²) in [6, 6.07) is 59.6. The fraction of sp³-hybridized carbons (Fsp3) is 0.115. The number of hydrogen-bond acceptors (Lipinski definition) is 0. The van der Waals surface area contributed by atoms with E-state index < -0.39 is 0 Å². The molecule has 0 aliphatic heterocycles. The Morgan fingerprint density at radius 3 is 0.981 bits per heavy atom. The summed E-state index contributed by atoms with van der Waals surface area (Å²) in [5.41, 5.74) is 16.0. The van der Waals surface area contributed by atoms with E-state index in [0.717, 1.165) is 0 Å². The van der Waals surface area contributed by atoms with Crippen molar-refractivity contribution in [3.05, 3.63) is 180 Å². The molecule has 52 heavy (non-hydrogen) atoms. The van der Waals surface area contributed by atoms with Crippen molar-refractivity contribution in [1.29, 1.82) is 0 Å². The predicted octanol–water partition coefficient (Wildman–Crippen LogP) is 14.2. The van der Waals surface area contributed by atoms with Crippen molar-refractivity contribution in [2.45, 2.75) is 38.5 Å². The average Bonchev–Trinajstić information content (AvgIpc) is 3.18. The highest BCUT2D eigenvalue weighted by Crippen LogP contribution is 2.55. The van der Waals surface area contributed by atoms with E-state index in [9.17, 15) is 0 Å². The van der Waals surface area contributed by atoms with E-state index in [-0.39, 0.29) is 10.8 Å². The van der Waals surface area contributed by atoms with Crippen LogP contribution in [0.15, 0.2) is 158 Å². The van der Waals surface area contributed by atoms with Crippen molar-refractivity contribution >= 4 is 43.1 Å². The van der Waals surface area contributed by atoms with Crippen LogP contribution in [0.2, 0.25) is 0 Å². The van der Waals surface area contributed by atoms with Gasteiger partial charge >= 0.3 is 0 Å². The maximum Gasteiger partial charge on any atom is 0.0159 e. The van der Waals surface area contributed by atoms with Crippen molar-refractivity contribution < 1.29 is 0 Å². The zero-order valence-electron chi connectivity index (χ0n) is 30.0. The van der Waals surface area contributed by atoms with Crippen molar-refractivity contribution in [3.63, 3.8) is 0 Å². The van der Waals surface area contributed by atoms with Crippen LogP contribution >= 0.6 is 0 Å². The quantitative estimate of drug-likeness (QED) is 0.162. The lowest BCUT2D eigenvalue weighted by molar-refractivity contribution is 0.645. The molecule has 0 nitrogen and oxygen atoms in total. The summed E-state index contributed by atoms with van der Waals surface area (Å²) in [6.45, 7) is 9.54. The van der Waals surface area contributed by atoms with Crippen LogP contribution in [0.25, 0.3) is 87.6 Å². The minimum Gasteiger partial charge on any atom is -0.0619 e. The van der Waals surface area contributed by atoms with Gasteiger partial charge in [0, 0.05) is 10.8 Å². The van der Waals surface area contributed by atoms with E-state index in [2.05, 4.69) is 185 Å². The molecule has 0 amide bonds. The topological polar surface area (TPSA) is 0 Å². The second-order valence-electron chi connectivity index (χ2n) is 16.0. The molecule has 0 aromatic heterocycles. The van der Waals surface area contributed by atoms with Gasteiger partial charge in [-0.3, -0.25) is 0 Å². The molecule has 246 valence electrons. The maximum absolute atomic E-state index is 2.39. The zero-order chi connectivity index (χ0) is 34.9. The molecule has 0 N–H and O–H groups in total. The smallest absolute Gasteiger partial charge is 0.0159 e. The first-order valence-electron chi connectivity index (χ1n) is 18.6. The van der Waals surface area contributed by atoms with Gasteiger partial charge in [0.15, 0.2) is 0 Å². The summed E-state index contributed by atoms with van der Waals surface area (Å²) in [4.78, 5) is 0. The van der Waals surface area contributed by atoms with E-state index in [1.807, 2.05) is 0 Å². The highest BCUT2D eigenvalue weighted by atomic mass is 14.4. The third-order valence-electron chi connectivity index (χ3n) is 12.6. The summed E-state index contributed by atoms with van der Waals surface area (Å²) in [7, 11) is 0. The van der Waals surface area contributed by atoms with Crippen LogP contribution in [0.5, 0.6) is 0 Å². The fourth-order valence-electron chi connectivity index (χ4n) is 10.3. The van der Waals surface area contributed by atoms with Crippen molar-refractivity contribution in [1.82, 2.24) is 0 Å². The summed E-state index contributed by atoms with van der Waals surface area (Å²) in [6.07, 6.45) is 0. The van der Waals surface area contributed by atoms with Gasteiger partial charge in [-0.15, -0.1) is 0 Å². The van der Waals surface area contributed by atoms with E-state index in [4.69, 9.17) is 0 Å². The maximum atomic E-state index is 2.39. The molecule has 0 heterocycles. The molecule has 0 saturated carbocycles. The van der Waals surface area contributed by atoms with Gasteiger partial charge < -0.3 is 0 Å². The fourth-order valence-corrected chi connectivity index (χ4v) is 10.3. The van der Waals surface area contributed by atoms with Gasteiger partial charge in [-0.05, 0) is 110 Å². The minimum atomic E-state index is -0.0997. The normalized spacial score (nSPS) is 14.8. The number of fused-ring (bicyclic) bond motifs is 8. The Hall–Kier alpha value is -5.98. The Balaban J connectivity index is 1.18. The summed E-state index contributed by atoms with van der Waals surface area (Å²) < 4.78 is 0. The molecule has 9 aromatic carbocycles. The highest BCUT2D eigenvalue weighted by Gasteiger charge is 2.36. The molecule has 2 aliphatic carbocycles. The van der Waals surface area contributed by atoms with Crippen LogP contribution in [0.1, 0.15) is 49.9 Å². The molecule has 0 heteroatoms. The molecular formula is C52H38. The second-order valence-corrected chi connectivity index (χ2v) is 16.0. The lowest BCUT2D eigenvalue weighted by Crippen LogP contribution is -2.23. The second kappa shape index (κ2) is 10.3. The largest absolute Gasteiger partial charge is 0.0619 e. The first-order chi connectivity index (χ1) is 25.4. The lowest BCUT2D eigenvalue weighted by atomic mass is 9.67. The van der Waals surface area contributed by atoms with Crippen LogP contribution in [-0.2, 0) is 10.8 Å². The van der Waals surface area contributed by atoms with Gasteiger partial charge in [-0.25, -0.2) is 0 Å². The molecule has 0 bridgehead atoms. The highest BCUT2D eigenvalue weighted by molar-refractivity contribution is 6.25. The standard InChI is InChI=1S/C52H38/c1-51(2)41-23-11-9-19-37(41)47-35-17-7-5-15-33(35)45(39-21-13-25-43(51)49(39)47)31-27-29-32(30-28-31)46-34-16-6-8-18-36(34)48-38-20-10-12-24-42(38)52(3,4)44-26-14-22-40(46)50(44)48/h5-30H,1-4H3. The molecule has 0 fully saturated rings. The van der Waals surface area contributed by atoms with Crippen LogP contribution < -0.4 is 0 Å². The Labute approximate surface area is 305 Å². The number of hydrogen-bond donors (Lipinski definition) is 0. The third kappa shape index (κ3) is 3.72. The first kappa shape index (κ1) is 29.7. The van der Waals surface area contributed by atoms with Crippen LogP contribution in [0, 0.1) is 0 Å². The van der Waals surface area contributed by atoms with Gasteiger partial charge in [-0.1, -0.05) is 185 Å². The van der Waals surface area contributed by atoms with Gasteiger partial charge in [0.2, 0.25) is 0 Å². The Bertz CT molecular complexity index is 2780. The monoisotopic (exact) mass is 662 g/mol. The van der Waals surface area contributed by atoms with Crippen molar-refractivity contribution in [2.75, 3.05) is 0 Å².